The molecule has 0 radical (unpaired) electrons. The molecule has 11 nitrogen and oxygen atoms in total. The number of ether oxygens (including phenoxy) is 1. The Hall–Kier alpha value is -3.67. The molecular formula is C23H28ClN7O4. The van der Waals surface area contributed by atoms with Crippen molar-refractivity contribution in [2.75, 3.05) is 37.7 Å². The van der Waals surface area contributed by atoms with Crippen LogP contribution in [0, 0.1) is 0 Å². The standard InChI is InChI=1S/C23H28ClN7O4/c1-13(29-23(34)18-20(25)31-21(26)19(24)30-18)22(33)28-10-9-27-11-15(32)12-35-17-8-4-6-14-5-2-3-7-16(14)17/h2-8,13,15,27,32H,9-12H2,1H3,(H,28,33)(H,29,34)(H4,25,26,31)/t13?,15-/m1/s1. The molecule has 0 aliphatic heterocycles. The predicted molar refractivity (Wildman–Crippen MR) is 134 cm³/mol. The summed E-state index contributed by atoms with van der Waals surface area (Å²) in [6.45, 7) is 2.60. The number of nitrogens with zero attached hydrogens (tertiary/aromatic N) is 2. The maximum absolute atomic E-state index is 12.3. The van der Waals surface area contributed by atoms with Gasteiger partial charge in [-0.3, -0.25) is 9.59 Å². The molecule has 2 amide bonds. The Morgan fingerprint density at radius 1 is 1.09 bits per heavy atom. The van der Waals surface area contributed by atoms with Gasteiger partial charge in [0.25, 0.3) is 5.91 Å². The van der Waals surface area contributed by atoms with Crippen LogP contribution in [0.5, 0.6) is 5.75 Å². The molecule has 0 saturated heterocycles. The van der Waals surface area contributed by atoms with Gasteiger partial charge < -0.3 is 37.3 Å². The fourth-order valence-corrected chi connectivity index (χ4v) is 3.33. The number of aliphatic hydroxyl groups excluding tert-OH is 1. The summed E-state index contributed by atoms with van der Waals surface area (Å²) in [5, 5.41) is 20.3. The highest BCUT2D eigenvalue weighted by Crippen LogP contribution is 2.25. The number of nitrogen functional groups attached to an aromatic ring is 2. The highest BCUT2D eigenvalue weighted by molar-refractivity contribution is 6.31. The molecule has 8 N–H and O–H groups in total. The number of anilines is 2. The minimum Gasteiger partial charge on any atom is -0.490 e. The number of halogens is 1. The Labute approximate surface area is 207 Å². The second-order valence-electron chi connectivity index (χ2n) is 7.77. The van der Waals surface area contributed by atoms with Gasteiger partial charge in [-0.1, -0.05) is 48.0 Å². The van der Waals surface area contributed by atoms with E-state index in [-0.39, 0.29) is 42.2 Å². The van der Waals surface area contributed by atoms with Crippen molar-refractivity contribution < 1.29 is 19.4 Å². The van der Waals surface area contributed by atoms with Crippen molar-refractivity contribution >= 4 is 45.8 Å². The smallest absolute Gasteiger partial charge is 0.274 e. The molecule has 1 aromatic heterocycles. The van der Waals surface area contributed by atoms with E-state index in [1.165, 1.54) is 6.92 Å². The van der Waals surface area contributed by atoms with Crippen LogP contribution < -0.4 is 32.2 Å². The van der Waals surface area contributed by atoms with Gasteiger partial charge in [0, 0.05) is 25.0 Å². The van der Waals surface area contributed by atoms with Crippen molar-refractivity contribution in [1.29, 1.82) is 0 Å². The van der Waals surface area contributed by atoms with E-state index in [0.29, 0.717) is 12.3 Å². The summed E-state index contributed by atoms with van der Waals surface area (Å²) in [6, 6.07) is 12.8. The highest BCUT2D eigenvalue weighted by Gasteiger charge is 2.21. The Kier molecular flexibility index (Phi) is 9.01. The maximum Gasteiger partial charge on any atom is 0.274 e. The van der Waals surface area contributed by atoms with Crippen molar-refractivity contribution in [2.24, 2.45) is 0 Å². The first-order valence-corrected chi connectivity index (χ1v) is 11.3. The van der Waals surface area contributed by atoms with Gasteiger partial charge in [0.2, 0.25) is 5.91 Å². The maximum atomic E-state index is 12.3. The zero-order valence-electron chi connectivity index (χ0n) is 19.1. The SMILES string of the molecule is CC(NC(=O)c1nc(Cl)c(N)nc1N)C(=O)NCCNC[C@@H](O)COc1cccc2ccccc12. The number of benzene rings is 2. The van der Waals surface area contributed by atoms with Crippen LogP contribution in [0.3, 0.4) is 0 Å². The zero-order chi connectivity index (χ0) is 25.4. The van der Waals surface area contributed by atoms with Crippen molar-refractivity contribution in [2.45, 2.75) is 19.1 Å². The minimum atomic E-state index is -0.861. The summed E-state index contributed by atoms with van der Waals surface area (Å²) >= 11 is 5.78. The third-order valence-corrected chi connectivity index (χ3v) is 5.30. The van der Waals surface area contributed by atoms with E-state index >= 15 is 0 Å². The molecule has 3 rings (SSSR count). The molecule has 0 aliphatic carbocycles. The van der Waals surface area contributed by atoms with Crippen LogP contribution in [0.4, 0.5) is 11.6 Å². The molecule has 0 aliphatic rings. The fourth-order valence-electron chi connectivity index (χ4n) is 3.20. The average Bonchev–Trinajstić information content (AvgIpc) is 2.84. The topological polar surface area (TPSA) is 178 Å². The summed E-state index contributed by atoms with van der Waals surface area (Å²) in [5.41, 5.74) is 10.9. The van der Waals surface area contributed by atoms with E-state index in [0.717, 1.165) is 10.8 Å². The monoisotopic (exact) mass is 501 g/mol. The lowest BCUT2D eigenvalue weighted by Crippen LogP contribution is -2.47. The number of hydrogen-bond donors (Lipinski definition) is 6. The van der Waals surface area contributed by atoms with Gasteiger partial charge >= 0.3 is 0 Å². The number of carbonyl (C=O) groups is 2. The van der Waals surface area contributed by atoms with Gasteiger partial charge in [-0.05, 0) is 18.4 Å². The van der Waals surface area contributed by atoms with E-state index in [1.54, 1.807) is 0 Å². The van der Waals surface area contributed by atoms with Gasteiger partial charge in [0.1, 0.15) is 24.5 Å². The number of carbonyl (C=O) groups excluding carboxylic acids is 2. The number of aromatic nitrogens is 2. The molecule has 2 aromatic carbocycles. The van der Waals surface area contributed by atoms with E-state index in [9.17, 15) is 14.7 Å². The first-order chi connectivity index (χ1) is 16.8. The largest absolute Gasteiger partial charge is 0.490 e. The van der Waals surface area contributed by atoms with Crippen molar-refractivity contribution in [1.82, 2.24) is 25.9 Å². The van der Waals surface area contributed by atoms with Gasteiger partial charge in [-0.15, -0.1) is 0 Å². The van der Waals surface area contributed by atoms with Gasteiger partial charge in [-0.25, -0.2) is 9.97 Å². The van der Waals surface area contributed by atoms with Crippen LogP contribution >= 0.6 is 11.6 Å². The van der Waals surface area contributed by atoms with Crippen LogP contribution in [-0.2, 0) is 4.79 Å². The lowest BCUT2D eigenvalue weighted by molar-refractivity contribution is -0.122. The molecule has 186 valence electrons. The second kappa shape index (κ2) is 12.2. The molecule has 0 spiro atoms. The number of nitrogens with two attached hydrogens (primary N) is 2. The molecule has 0 saturated carbocycles. The van der Waals surface area contributed by atoms with Crippen LogP contribution in [0.25, 0.3) is 10.8 Å². The summed E-state index contributed by atoms with van der Waals surface area (Å²) in [4.78, 5) is 32.1. The van der Waals surface area contributed by atoms with Crippen molar-refractivity contribution in [3.05, 3.63) is 53.3 Å². The average molecular weight is 502 g/mol. The van der Waals surface area contributed by atoms with Crippen molar-refractivity contribution in [3.8, 4) is 5.75 Å². The van der Waals surface area contributed by atoms with Gasteiger partial charge in [-0.2, -0.15) is 0 Å². The number of rotatable bonds is 11. The van der Waals surface area contributed by atoms with E-state index in [2.05, 4.69) is 25.9 Å². The van der Waals surface area contributed by atoms with E-state index in [4.69, 9.17) is 27.8 Å². The fraction of sp³-hybridized carbons (Fsp3) is 0.304. The lowest BCUT2D eigenvalue weighted by atomic mass is 10.1. The highest BCUT2D eigenvalue weighted by atomic mass is 35.5. The second-order valence-corrected chi connectivity index (χ2v) is 8.12. The number of aliphatic hydroxyl groups is 1. The van der Waals surface area contributed by atoms with E-state index < -0.39 is 24.0 Å². The summed E-state index contributed by atoms with van der Waals surface area (Å²) in [5.74, 6) is -0.687. The van der Waals surface area contributed by atoms with Crippen molar-refractivity contribution in [3.63, 3.8) is 0 Å². The van der Waals surface area contributed by atoms with Crippen LogP contribution in [0.15, 0.2) is 42.5 Å². The molecule has 0 fully saturated rings. The Morgan fingerprint density at radius 2 is 1.83 bits per heavy atom. The number of amides is 2. The predicted octanol–water partition coefficient (Wildman–Crippen LogP) is 0.712. The normalized spacial score (nSPS) is 12.7. The Bertz CT molecular complexity index is 1190. The quantitative estimate of drug-likeness (QED) is 0.206. The Morgan fingerprint density at radius 3 is 2.63 bits per heavy atom. The lowest BCUT2D eigenvalue weighted by Gasteiger charge is -2.16. The van der Waals surface area contributed by atoms with Crippen LogP contribution in [-0.4, -0.2) is 65.3 Å². The molecule has 2 atom stereocenters. The molecular weight excluding hydrogens is 474 g/mol. The molecule has 1 unspecified atom stereocenters. The third kappa shape index (κ3) is 7.15. The first-order valence-electron chi connectivity index (χ1n) is 10.9. The molecule has 1 heterocycles. The summed E-state index contributed by atoms with van der Waals surface area (Å²) in [6.07, 6.45) is -0.735. The van der Waals surface area contributed by atoms with Gasteiger partial charge in [0.15, 0.2) is 22.5 Å². The summed E-state index contributed by atoms with van der Waals surface area (Å²) in [7, 11) is 0. The third-order valence-electron chi connectivity index (χ3n) is 5.02. The zero-order valence-corrected chi connectivity index (χ0v) is 19.9. The number of fused-ring (bicyclic) bond motifs is 1. The number of hydrogen-bond acceptors (Lipinski definition) is 9. The molecule has 12 heteroatoms. The Balaban J connectivity index is 1.34. The number of nitrogens with one attached hydrogen (secondary N) is 3. The van der Waals surface area contributed by atoms with Crippen LogP contribution in [0.1, 0.15) is 17.4 Å². The first kappa shape index (κ1) is 25.9. The molecule has 35 heavy (non-hydrogen) atoms. The minimum absolute atomic E-state index is 0.0933. The van der Waals surface area contributed by atoms with Crippen LogP contribution in [0.2, 0.25) is 5.15 Å². The molecule has 3 aromatic rings. The summed E-state index contributed by atoms with van der Waals surface area (Å²) < 4.78 is 5.77. The van der Waals surface area contributed by atoms with E-state index in [1.807, 2.05) is 42.5 Å². The molecule has 0 bridgehead atoms. The van der Waals surface area contributed by atoms with Gasteiger partial charge in [0.05, 0.1) is 0 Å².